The molecule has 7 nitrogen and oxygen atoms in total. The summed E-state index contributed by atoms with van der Waals surface area (Å²) in [6.45, 7) is 2.94. The second-order valence-corrected chi connectivity index (χ2v) is 9.57. The maximum Gasteiger partial charge on any atom is 0.308 e. The van der Waals surface area contributed by atoms with E-state index in [1.165, 1.54) is 24.0 Å². The zero-order valence-electron chi connectivity index (χ0n) is 21.0. The molecule has 0 spiro atoms. The molecule has 2 aromatic rings. The minimum absolute atomic E-state index is 0.0290. The van der Waals surface area contributed by atoms with Crippen LogP contribution in [0.25, 0.3) is 0 Å². The number of carbonyl (C=O) groups is 3. The molecule has 0 atom stereocenters. The Labute approximate surface area is 212 Å². The highest BCUT2D eigenvalue weighted by Crippen LogP contribution is 2.28. The topological polar surface area (TPSA) is 93.7 Å². The first-order valence-electron chi connectivity index (χ1n) is 13.1. The number of nitrogens with one attached hydrogen (secondary N) is 2. The molecule has 0 aliphatic heterocycles. The molecule has 0 radical (unpaired) electrons. The van der Waals surface area contributed by atoms with Crippen molar-refractivity contribution >= 4 is 17.8 Å². The van der Waals surface area contributed by atoms with Gasteiger partial charge in [0, 0.05) is 24.2 Å². The largest absolute Gasteiger partial charge is 0.490 e. The summed E-state index contributed by atoms with van der Waals surface area (Å²) in [6, 6.07) is 13.0. The van der Waals surface area contributed by atoms with Crippen LogP contribution in [0.1, 0.15) is 77.3 Å². The van der Waals surface area contributed by atoms with Crippen LogP contribution in [0.15, 0.2) is 42.5 Å². The predicted octanol–water partition coefficient (Wildman–Crippen LogP) is 4.23. The lowest BCUT2D eigenvalue weighted by Gasteiger charge is -2.27. The molecular weight excluding hydrogens is 456 g/mol. The maximum absolute atomic E-state index is 12.5. The molecule has 0 bridgehead atoms. The smallest absolute Gasteiger partial charge is 0.308 e. The van der Waals surface area contributed by atoms with Crippen molar-refractivity contribution in [2.45, 2.75) is 64.4 Å². The van der Waals surface area contributed by atoms with Crippen LogP contribution in [0, 0.1) is 5.92 Å². The van der Waals surface area contributed by atoms with Gasteiger partial charge in [0.1, 0.15) is 5.75 Å². The van der Waals surface area contributed by atoms with Crippen molar-refractivity contribution in [3.05, 3.63) is 64.7 Å². The molecule has 36 heavy (non-hydrogen) atoms. The monoisotopic (exact) mass is 492 g/mol. The zero-order valence-corrected chi connectivity index (χ0v) is 21.0. The summed E-state index contributed by atoms with van der Waals surface area (Å²) in [4.78, 5) is 36.8. The number of aryl methyl sites for hydroxylation is 2. The molecule has 4 rings (SSSR count). The van der Waals surface area contributed by atoms with E-state index in [0.717, 1.165) is 38.5 Å². The highest BCUT2D eigenvalue weighted by Gasteiger charge is 2.28. The van der Waals surface area contributed by atoms with Crippen molar-refractivity contribution in [3.8, 4) is 5.75 Å². The van der Waals surface area contributed by atoms with Crippen molar-refractivity contribution in [1.29, 1.82) is 0 Å². The van der Waals surface area contributed by atoms with Gasteiger partial charge in [-0.2, -0.15) is 0 Å². The SMILES string of the molecule is CCOC(=O)[C@H]1CC[C@@H](Oc2ccc(C(=O)NCCNC(=O)c3ccc4c(c3)CCCC4)cc2)CC1. The van der Waals surface area contributed by atoms with Gasteiger partial charge in [-0.25, -0.2) is 0 Å². The number of benzene rings is 2. The van der Waals surface area contributed by atoms with E-state index in [-0.39, 0.29) is 29.8 Å². The van der Waals surface area contributed by atoms with Crippen LogP contribution in [0.5, 0.6) is 5.75 Å². The molecule has 0 unspecified atom stereocenters. The Morgan fingerprint density at radius 3 is 2.08 bits per heavy atom. The van der Waals surface area contributed by atoms with Crippen LogP contribution in [0.3, 0.4) is 0 Å². The summed E-state index contributed by atoms with van der Waals surface area (Å²) in [5.74, 6) is 0.265. The lowest BCUT2D eigenvalue weighted by molar-refractivity contribution is -0.149. The van der Waals surface area contributed by atoms with E-state index in [0.29, 0.717) is 36.6 Å². The van der Waals surface area contributed by atoms with Crippen molar-refractivity contribution in [3.63, 3.8) is 0 Å². The molecule has 1 saturated carbocycles. The van der Waals surface area contributed by atoms with Gasteiger partial charge in [-0.1, -0.05) is 6.07 Å². The first-order valence-corrected chi connectivity index (χ1v) is 13.1. The average Bonchev–Trinajstić information content (AvgIpc) is 2.91. The van der Waals surface area contributed by atoms with Gasteiger partial charge in [0.05, 0.1) is 18.6 Å². The first-order chi connectivity index (χ1) is 17.5. The molecule has 2 aliphatic carbocycles. The van der Waals surface area contributed by atoms with E-state index < -0.39 is 0 Å². The molecule has 7 heteroatoms. The van der Waals surface area contributed by atoms with E-state index in [4.69, 9.17) is 9.47 Å². The second-order valence-electron chi connectivity index (χ2n) is 9.57. The molecule has 0 heterocycles. The maximum atomic E-state index is 12.5. The van der Waals surface area contributed by atoms with Gasteiger partial charge >= 0.3 is 5.97 Å². The number of carbonyl (C=O) groups excluding carboxylic acids is 3. The molecule has 2 aromatic carbocycles. The van der Waals surface area contributed by atoms with Crippen LogP contribution >= 0.6 is 0 Å². The molecule has 192 valence electrons. The fourth-order valence-corrected chi connectivity index (χ4v) is 4.98. The third kappa shape index (κ3) is 6.86. The lowest BCUT2D eigenvalue weighted by Crippen LogP contribution is -2.34. The zero-order chi connectivity index (χ0) is 25.3. The van der Waals surface area contributed by atoms with Crippen molar-refractivity contribution < 1.29 is 23.9 Å². The Kier molecular flexibility index (Phi) is 8.98. The van der Waals surface area contributed by atoms with Gasteiger partial charge in [-0.15, -0.1) is 0 Å². The number of fused-ring (bicyclic) bond motifs is 1. The van der Waals surface area contributed by atoms with E-state index >= 15 is 0 Å². The number of ether oxygens (including phenoxy) is 2. The van der Waals surface area contributed by atoms with Crippen LogP contribution < -0.4 is 15.4 Å². The number of hydrogen-bond donors (Lipinski definition) is 2. The molecule has 2 aliphatic rings. The molecule has 1 fully saturated rings. The van der Waals surface area contributed by atoms with Crippen molar-refractivity contribution in [2.24, 2.45) is 5.92 Å². The minimum atomic E-state index is -0.195. The number of rotatable bonds is 9. The van der Waals surface area contributed by atoms with Crippen LogP contribution in [0.2, 0.25) is 0 Å². The van der Waals surface area contributed by atoms with Gasteiger partial charge in [0.15, 0.2) is 0 Å². The highest BCUT2D eigenvalue weighted by atomic mass is 16.5. The fraction of sp³-hybridized carbons (Fsp3) is 0.483. The highest BCUT2D eigenvalue weighted by molar-refractivity contribution is 5.95. The van der Waals surface area contributed by atoms with Crippen LogP contribution in [0.4, 0.5) is 0 Å². The minimum Gasteiger partial charge on any atom is -0.490 e. The summed E-state index contributed by atoms with van der Waals surface area (Å²) in [5.41, 5.74) is 3.84. The van der Waals surface area contributed by atoms with E-state index in [9.17, 15) is 14.4 Å². The number of esters is 1. The third-order valence-electron chi connectivity index (χ3n) is 7.02. The van der Waals surface area contributed by atoms with Gasteiger partial charge in [-0.05, 0) is 106 Å². The first kappa shape index (κ1) is 25.7. The van der Waals surface area contributed by atoms with Crippen LogP contribution in [-0.2, 0) is 22.4 Å². The molecule has 0 saturated heterocycles. The van der Waals surface area contributed by atoms with Crippen molar-refractivity contribution in [1.82, 2.24) is 10.6 Å². The lowest BCUT2D eigenvalue weighted by atomic mass is 9.87. The summed E-state index contributed by atoms with van der Waals surface area (Å²) in [7, 11) is 0. The van der Waals surface area contributed by atoms with Crippen LogP contribution in [-0.4, -0.2) is 43.6 Å². The Balaban J connectivity index is 1.16. The fourth-order valence-electron chi connectivity index (χ4n) is 4.98. The Bertz CT molecular complexity index is 1060. The van der Waals surface area contributed by atoms with Crippen molar-refractivity contribution in [2.75, 3.05) is 19.7 Å². The Hall–Kier alpha value is -3.35. The predicted molar refractivity (Wildman–Crippen MR) is 137 cm³/mol. The van der Waals surface area contributed by atoms with Gasteiger partial charge in [0.25, 0.3) is 11.8 Å². The molecule has 0 aromatic heterocycles. The Morgan fingerprint density at radius 1 is 0.806 bits per heavy atom. The van der Waals surface area contributed by atoms with E-state index in [1.54, 1.807) is 24.3 Å². The summed E-state index contributed by atoms with van der Waals surface area (Å²) >= 11 is 0. The molecule has 2 N–H and O–H groups in total. The molecule has 2 amide bonds. The summed E-state index contributed by atoms with van der Waals surface area (Å²) in [6.07, 6.45) is 7.74. The Morgan fingerprint density at radius 2 is 1.42 bits per heavy atom. The number of amides is 2. The number of hydrogen-bond acceptors (Lipinski definition) is 5. The van der Waals surface area contributed by atoms with Gasteiger partial charge < -0.3 is 20.1 Å². The average molecular weight is 493 g/mol. The molecular formula is C29H36N2O5. The van der Waals surface area contributed by atoms with Gasteiger partial charge in [0.2, 0.25) is 0 Å². The van der Waals surface area contributed by atoms with E-state index in [1.807, 2.05) is 19.1 Å². The summed E-state index contributed by atoms with van der Waals surface area (Å²) in [5, 5.41) is 5.73. The van der Waals surface area contributed by atoms with E-state index in [2.05, 4.69) is 16.7 Å². The third-order valence-corrected chi connectivity index (χ3v) is 7.02. The van der Waals surface area contributed by atoms with Gasteiger partial charge in [-0.3, -0.25) is 14.4 Å². The summed E-state index contributed by atoms with van der Waals surface area (Å²) < 4.78 is 11.2. The second kappa shape index (κ2) is 12.6. The normalized spacial score (nSPS) is 19.0. The standard InChI is InChI=1S/C29H36N2O5/c1-2-35-29(34)22-11-15-26(16-12-22)36-25-13-9-21(10-14-25)27(32)30-17-18-31-28(33)24-8-7-20-5-3-4-6-23(20)19-24/h7-10,13-14,19,22,26H,2-6,11-12,15-18H2,1H3,(H,30,32)(H,31,33)/t22-,26+. The quantitative estimate of drug-likeness (QED) is 0.404.